The number of rotatable bonds is 6. The Labute approximate surface area is 165 Å². The van der Waals surface area contributed by atoms with Crippen molar-refractivity contribution in [1.29, 1.82) is 0 Å². The zero-order chi connectivity index (χ0) is 19.5. The van der Waals surface area contributed by atoms with Crippen LogP contribution in [0.2, 0.25) is 0 Å². The van der Waals surface area contributed by atoms with Crippen molar-refractivity contribution in [2.24, 2.45) is 0 Å². The first-order valence-corrected chi connectivity index (χ1v) is 9.99. The van der Waals surface area contributed by atoms with E-state index in [0.29, 0.717) is 19.5 Å². The Kier molecular flexibility index (Phi) is 5.51. The van der Waals surface area contributed by atoms with Crippen LogP contribution in [0, 0.1) is 5.82 Å². The van der Waals surface area contributed by atoms with Gasteiger partial charge in [-0.05, 0) is 61.1 Å². The summed E-state index contributed by atoms with van der Waals surface area (Å²) in [6.07, 6.45) is 5.29. The maximum atomic E-state index is 13.4. The molecule has 148 valence electrons. The molecule has 1 unspecified atom stereocenters. The van der Waals surface area contributed by atoms with Gasteiger partial charge in [-0.15, -0.1) is 0 Å². The lowest BCUT2D eigenvalue weighted by molar-refractivity contribution is -0.128. The largest absolute Gasteiger partial charge is 0.493 e. The van der Waals surface area contributed by atoms with Crippen LogP contribution in [0.25, 0.3) is 0 Å². The second-order valence-corrected chi connectivity index (χ2v) is 7.74. The number of hydrogen-bond donors (Lipinski definition) is 0. The highest BCUT2D eigenvalue weighted by molar-refractivity contribution is 5.79. The normalized spacial score (nSPS) is 20.0. The van der Waals surface area contributed by atoms with Crippen LogP contribution in [0.3, 0.4) is 0 Å². The van der Waals surface area contributed by atoms with Crippen LogP contribution in [-0.2, 0) is 11.3 Å². The van der Waals surface area contributed by atoms with Crippen LogP contribution in [0.15, 0.2) is 42.5 Å². The zero-order valence-corrected chi connectivity index (χ0v) is 16.2. The van der Waals surface area contributed by atoms with E-state index in [4.69, 9.17) is 9.47 Å². The molecule has 4 nitrogen and oxygen atoms in total. The maximum Gasteiger partial charge on any atom is 0.223 e. The van der Waals surface area contributed by atoms with Crippen LogP contribution >= 0.6 is 0 Å². The number of likely N-dealkylation sites (tertiary alicyclic amines) is 1. The van der Waals surface area contributed by atoms with Gasteiger partial charge in [-0.3, -0.25) is 4.79 Å². The quantitative estimate of drug-likeness (QED) is 0.728. The summed E-state index contributed by atoms with van der Waals surface area (Å²) in [5, 5.41) is 0. The number of methoxy groups -OCH3 is 1. The first-order valence-electron chi connectivity index (χ1n) is 9.99. The SMILES string of the molecule is COc1ccc(C2CC(=O)N(Cc3cccc(F)c3)C2)cc1OC1CCCC1. The summed E-state index contributed by atoms with van der Waals surface area (Å²) >= 11 is 0. The van der Waals surface area contributed by atoms with Gasteiger partial charge in [0, 0.05) is 25.4 Å². The van der Waals surface area contributed by atoms with E-state index in [1.165, 1.54) is 25.0 Å². The molecule has 0 N–H and O–H groups in total. The average Bonchev–Trinajstić information content (AvgIpc) is 3.32. The number of benzene rings is 2. The molecule has 2 aliphatic rings. The Bertz CT molecular complexity index is 847. The van der Waals surface area contributed by atoms with Crippen LogP contribution < -0.4 is 9.47 Å². The molecule has 1 aliphatic carbocycles. The molecular weight excluding hydrogens is 357 g/mol. The minimum Gasteiger partial charge on any atom is -0.493 e. The summed E-state index contributed by atoms with van der Waals surface area (Å²) in [4.78, 5) is 14.3. The number of carbonyl (C=O) groups is 1. The number of amides is 1. The Hall–Kier alpha value is -2.56. The van der Waals surface area contributed by atoms with Gasteiger partial charge in [-0.2, -0.15) is 0 Å². The zero-order valence-electron chi connectivity index (χ0n) is 16.2. The molecular formula is C23H26FNO3. The lowest BCUT2D eigenvalue weighted by atomic mass is 9.98. The third-order valence-corrected chi connectivity index (χ3v) is 5.73. The van der Waals surface area contributed by atoms with Gasteiger partial charge in [0.1, 0.15) is 5.82 Å². The van der Waals surface area contributed by atoms with Gasteiger partial charge in [0.2, 0.25) is 5.91 Å². The molecule has 2 aromatic rings. The van der Waals surface area contributed by atoms with Crippen molar-refractivity contribution in [3.05, 3.63) is 59.4 Å². The first-order chi connectivity index (χ1) is 13.6. The van der Waals surface area contributed by atoms with E-state index >= 15 is 0 Å². The number of hydrogen-bond acceptors (Lipinski definition) is 3. The van der Waals surface area contributed by atoms with Crippen molar-refractivity contribution in [1.82, 2.24) is 4.90 Å². The Morgan fingerprint density at radius 2 is 1.93 bits per heavy atom. The second-order valence-electron chi connectivity index (χ2n) is 7.74. The summed E-state index contributed by atoms with van der Waals surface area (Å²) < 4.78 is 25.1. The number of nitrogens with zero attached hydrogens (tertiary/aromatic N) is 1. The minimum absolute atomic E-state index is 0.100. The van der Waals surface area contributed by atoms with E-state index in [0.717, 1.165) is 35.5 Å². The van der Waals surface area contributed by atoms with Gasteiger partial charge in [0.15, 0.2) is 11.5 Å². The van der Waals surface area contributed by atoms with E-state index in [2.05, 4.69) is 0 Å². The molecule has 1 atom stereocenters. The van der Waals surface area contributed by atoms with Crippen LogP contribution in [0.1, 0.15) is 49.1 Å². The monoisotopic (exact) mass is 383 g/mol. The van der Waals surface area contributed by atoms with Gasteiger partial charge < -0.3 is 14.4 Å². The molecule has 1 amide bonds. The molecule has 1 saturated carbocycles. The van der Waals surface area contributed by atoms with Crippen molar-refractivity contribution in [3.8, 4) is 11.5 Å². The Balaban J connectivity index is 1.48. The fourth-order valence-electron chi connectivity index (χ4n) is 4.23. The van der Waals surface area contributed by atoms with Crippen molar-refractivity contribution < 1.29 is 18.7 Å². The fourth-order valence-corrected chi connectivity index (χ4v) is 4.23. The molecule has 1 aliphatic heterocycles. The standard InChI is InChI=1S/C23H26FNO3/c1-27-21-10-9-17(12-22(21)28-20-7-2-3-8-20)18-13-23(26)25(15-18)14-16-5-4-6-19(24)11-16/h4-6,9-12,18,20H,2-3,7-8,13-15H2,1H3. The van der Waals surface area contributed by atoms with Crippen LogP contribution in [0.5, 0.6) is 11.5 Å². The predicted molar refractivity (Wildman–Crippen MR) is 105 cm³/mol. The minimum atomic E-state index is -0.274. The molecule has 0 radical (unpaired) electrons. The molecule has 0 spiro atoms. The van der Waals surface area contributed by atoms with Crippen LogP contribution in [0.4, 0.5) is 4.39 Å². The third kappa shape index (κ3) is 4.13. The number of halogens is 1. The summed E-state index contributed by atoms with van der Waals surface area (Å²) in [6, 6.07) is 12.4. The Morgan fingerprint density at radius 1 is 1.11 bits per heavy atom. The van der Waals surface area contributed by atoms with Gasteiger partial charge in [0.05, 0.1) is 13.2 Å². The van der Waals surface area contributed by atoms with Crippen molar-refractivity contribution >= 4 is 5.91 Å². The highest BCUT2D eigenvalue weighted by Crippen LogP contribution is 2.37. The van der Waals surface area contributed by atoms with E-state index in [1.807, 2.05) is 24.3 Å². The highest BCUT2D eigenvalue weighted by atomic mass is 19.1. The topological polar surface area (TPSA) is 38.8 Å². The summed E-state index contributed by atoms with van der Waals surface area (Å²) in [7, 11) is 1.65. The Morgan fingerprint density at radius 3 is 2.68 bits per heavy atom. The average molecular weight is 383 g/mol. The van der Waals surface area contributed by atoms with Crippen molar-refractivity contribution in [2.45, 2.75) is 50.7 Å². The van der Waals surface area contributed by atoms with E-state index in [1.54, 1.807) is 18.1 Å². The second kappa shape index (κ2) is 8.21. The maximum absolute atomic E-state index is 13.4. The molecule has 4 rings (SSSR count). The lowest BCUT2D eigenvalue weighted by Crippen LogP contribution is -2.24. The molecule has 2 fully saturated rings. The van der Waals surface area contributed by atoms with Gasteiger partial charge in [-0.1, -0.05) is 18.2 Å². The van der Waals surface area contributed by atoms with E-state index in [9.17, 15) is 9.18 Å². The van der Waals surface area contributed by atoms with Gasteiger partial charge in [-0.25, -0.2) is 4.39 Å². The van der Waals surface area contributed by atoms with E-state index < -0.39 is 0 Å². The van der Waals surface area contributed by atoms with Gasteiger partial charge in [0.25, 0.3) is 0 Å². The van der Waals surface area contributed by atoms with E-state index in [-0.39, 0.29) is 23.7 Å². The lowest BCUT2D eigenvalue weighted by Gasteiger charge is -2.19. The molecule has 2 aromatic carbocycles. The summed E-state index contributed by atoms with van der Waals surface area (Å²) in [6.45, 7) is 1.07. The number of carbonyl (C=O) groups excluding carboxylic acids is 1. The number of ether oxygens (including phenoxy) is 2. The molecule has 5 heteroatoms. The molecule has 1 heterocycles. The van der Waals surface area contributed by atoms with Gasteiger partial charge >= 0.3 is 0 Å². The first kappa shape index (κ1) is 18.8. The van der Waals surface area contributed by atoms with Crippen molar-refractivity contribution in [2.75, 3.05) is 13.7 Å². The summed E-state index contributed by atoms with van der Waals surface area (Å²) in [5.74, 6) is 1.44. The highest BCUT2D eigenvalue weighted by Gasteiger charge is 2.31. The van der Waals surface area contributed by atoms with Crippen LogP contribution in [-0.4, -0.2) is 30.6 Å². The predicted octanol–water partition coefficient (Wildman–Crippen LogP) is 4.67. The molecule has 28 heavy (non-hydrogen) atoms. The fraction of sp³-hybridized carbons (Fsp3) is 0.435. The smallest absolute Gasteiger partial charge is 0.223 e. The van der Waals surface area contributed by atoms with Crippen molar-refractivity contribution in [3.63, 3.8) is 0 Å². The third-order valence-electron chi connectivity index (χ3n) is 5.73. The molecule has 1 saturated heterocycles. The summed E-state index contributed by atoms with van der Waals surface area (Å²) in [5.41, 5.74) is 1.90. The molecule has 0 bridgehead atoms. The molecule has 0 aromatic heterocycles.